The average Bonchev–Trinajstić information content (AvgIpc) is 2.71. The van der Waals surface area contributed by atoms with Gasteiger partial charge in [-0.1, -0.05) is 44.2 Å². The monoisotopic (exact) mass is 386 g/mol. The van der Waals surface area contributed by atoms with Crippen molar-refractivity contribution in [1.82, 2.24) is 5.06 Å². The number of rotatable bonds is 8. The van der Waals surface area contributed by atoms with Gasteiger partial charge in [-0.15, -0.1) is 0 Å². The van der Waals surface area contributed by atoms with E-state index in [1.54, 1.807) is 18.2 Å². The molecule has 0 spiro atoms. The van der Waals surface area contributed by atoms with Crippen molar-refractivity contribution < 1.29 is 23.9 Å². The number of hydroxylamine groups is 2. The minimum absolute atomic E-state index is 0.128. The summed E-state index contributed by atoms with van der Waals surface area (Å²) >= 11 is 0. The zero-order chi connectivity index (χ0) is 20.5. The molecular weight excluding hydrogens is 360 g/mol. The minimum Gasteiger partial charge on any atom is -0.493 e. The Morgan fingerprint density at radius 3 is 2.46 bits per heavy atom. The first-order valence-electron chi connectivity index (χ1n) is 8.97. The molecule has 2 rings (SSSR count). The molecule has 0 radical (unpaired) electrons. The van der Waals surface area contributed by atoms with Crippen LogP contribution in [0.25, 0.3) is 0 Å². The van der Waals surface area contributed by atoms with E-state index in [4.69, 9.17) is 14.3 Å². The summed E-state index contributed by atoms with van der Waals surface area (Å²) in [6.45, 7) is 4.70. The van der Waals surface area contributed by atoms with Crippen molar-refractivity contribution in [2.24, 2.45) is 5.92 Å². The molecule has 7 heteroatoms. The lowest BCUT2D eigenvalue weighted by molar-refractivity contribution is -0.0756. The first-order chi connectivity index (χ1) is 13.4. The third-order valence-corrected chi connectivity index (χ3v) is 3.81. The van der Waals surface area contributed by atoms with Crippen molar-refractivity contribution in [2.75, 3.05) is 26.1 Å². The number of benzene rings is 2. The van der Waals surface area contributed by atoms with Gasteiger partial charge in [0.1, 0.15) is 12.4 Å². The van der Waals surface area contributed by atoms with E-state index >= 15 is 0 Å². The fraction of sp³-hybridized carbons (Fsp3) is 0.333. The van der Waals surface area contributed by atoms with E-state index < -0.39 is 12.0 Å². The van der Waals surface area contributed by atoms with Crippen molar-refractivity contribution in [3.8, 4) is 5.75 Å². The molecular formula is C21H26N2O5. The highest BCUT2D eigenvalue weighted by molar-refractivity contribution is 6.02. The van der Waals surface area contributed by atoms with Crippen molar-refractivity contribution in [2.45, 2.75) is 20.5 Å². The van der Waals surface area contributed by atoms with Gasteiger partial charge in [0.25, 0.3) is 5.91 Å². The second-order valence-corrected chi connectivity index (χ2v) is 6.58. The smallest absolute Gasteiger partial charge is 0.411 e. The van der Waals surface area contributed by atoms with E-state index in [0.29, 0.717) is 24.0 Å². The molecule has 0 bridgehead atoms. The van der Waals surface area contributed by atoms with Crippen LogP contribution in [0.3, 0.4) is 0 Å². The molecule has 28 heavy (non-hydrogen) atoms. The zero-order valence-electron chi connectivity index (χ0n) is 16.6. The van der Waals surface area contributed by atoms with Crippen LogP contribution in [0.1, 0.15) is 29.8 Å². The van der Waals surface area contributed by atoms with Gasteiger partial charge in [0.05, 0.1) is 25.0 Å². The Morgan fingerprint density at radius 1 is 1.11 bits per heavy atom. The molecule has 0 aliphatic rings. The van der Waals surface area contributed by atoms with E-state index in [2.05, 4.69) is 5.32 Å². The molecule has 7 nitrogen and oxygen atoms in total. The van der Waals surface area contributed by atoms with Gasteiger partial charge < -0.3 is 9.47 Å². The molecule has 0 atom stereocenters. The van der Waals surface area contributed by atoms with Gasteiger partial charge in [-0.05, 0) is 29.7 Å². The topological polar surface area (TPSA) is 77.1 Å². The molecule has 0 aliphatic heterocycles. The van der Waals surface area contributed by atoms with Crippen LogP contribution >= 0.6 is 0 Å². The summed E-state index contributed by atoms with van der Waals surface area (Å²) in [5.41, 5.74) is 1.41. The first-order valence-corrected chi connectivity index (χ1v) is 8.97. The summed E-state index contributed by atoms with van der Waals surface area (Å²) in [6.07, 6.45) is -0.658. The summed E-state index contributed by atoms with van der Waals surface area (Å²) in [4.78, 5) is 29.7. The van der Waals surface area contributed by atoms with Crippen LogP contribution in [0.2, 0.25) is 0 Å². The molecule has 0 aliphatic carbocycles. The quantitative estimate of drug-likeness (QED) is 0.691. The Labute approximate surface area is 165 Å². The van der Waals surface area contributed by atoms with Crippen LogP contribution in [0, 0.1) is 5.92 Å². The molecule has 1 N–H and O–H groups in total. The van der Waals surface area contributed by atoms with Crippen molar-refractivity contribution >= 4 is 17.7 Å². The molecule has 150 valence electrons. The number of anilines is 1. The molecule has 0 saturated carbocycles. The third kappa shape index (κ3) is 6.28. The maximum atomic E-state index is 12.6. The number of nitrogens with one attached hydrogen (secondary N) is 1. The highest BCUT2D eigenvalue weighted by Gasteiger charge is 2.19. The van der Waals surface area contributed by atoms with Gasteiger partial charge in [-0.2, -0.15) is 0 Å². The number of carbonyl (C=O) groups is 2. The summed E-state index contributed by atoms with van der Waals surface area (Å²) in [5, 5.41) is 3.68. The standard InChI is InChI=1S/C21H26N2O5/c1-15(2)13-27-17-10-11-19(18(12-17)20(24)23(3)26-4)22-21(25)28-14-16-8-6-5-7-9-16/h5-12,15H,13-14H2,1-4H3,(H,22,25). The summed E-state index contributed by atoms with van der Waals surface area (Å²) in [6, 6.07) is 14.2. The first kappa shape index (κ1) is 21.2. The van der Waals surface area contributed by atoms with Crippen LogP contribution in [0.15, 0.2) is 48.5 Å². The third-order valence-electron chi connectivity index (χ3n) is 3.81. The maximum absolute atomic E-state index is 12.6. The lowest BCUT2D eigenvalue weighted by Gasteiger charge is -2.18. The molecule has 2 aromatic carbocycles. The van der Waals surface area contributed by atoms with E-state index in [1.807, 2.05) is 44.2 Å². The van der Waals surface area contributed by atoms with E-state index in [9.17, 15) is 9.59 Å². The number of ether oxygens (including phenoxy) is 2. The SMILES string of the molecule is CON(C)C(=O)c1cc(OCC(C)C)ccc1NC(=O)OCc1ccccc1. The van der Waals surface area contributed by atoms with Crippen LogP contribution in [0.5, 0.6) is 5.75 Å². The molecule has 0 saturated heterocycles. The largest absolute Gasteiger partial charge is 0.493 e. The van der Waals surface area contributed by atoms with Crippen molar-refractivity contribution in [3.63, 3.8) is 0 Å². The number of hydrogen-bond donors (Lipinski definition) is 1. The summed E-state index contributed by atoms with van der Waals surface area (Å²) in [7, 11) is 2.87. The van der Waals surface area contributed by atoms with Crippen molar-refractivity contribution in [1.29, 1.82) is 0 Å². The van der Waals surface area contributed by atoms with Crippen molar-refractivity contribution in [3.05, 3.63) is 59.7 Å². The Balaban J connectivity index is 2.14. The molecule has 2 aromatic rings. The van der Waals surface area contributed by atoms with Gasteiger partial charge in [-0.3, -0.25) is 14.9 Å². The van der Waals surface area contributed by atoms with Crippen LogP contribution in [0.4, 0.5) is 10.5 Å². The highest BCUT2D eigenvalue weighted by atomic mass is 16.7. The lowest BCUT2D eigenvalue weighted by atomic mass is 10.1. The Kier molecular flexibility index (Phi) is 7.83. The highest BCUT2D eigenvalue weighted by Crippen LogP contribution is 2.24. The number of carbonyl (C=O) groups excluding carboxylic acids is 2. The van der Waals surface area contributed by atoms with Gasteiger partial charge in [-0.25, -0.2) is 9.86 Å². The van der Waals surface area contributed by atoms with Gasteiger partial charge in [0.2, 0.25) is 0 Å². The van der Waals surface area contributed by atoms with E-state index in [-0.39, 0.29) is 12.2 Å². The summed E-state index contributed by atoms with van der Waals surface area (Å²) in [5.74, 6) is 0.451. The van der Waals surface area contributed by atoms with E-state index in [1.165, 1.54) is 14.2 Å². The fourth-order valence-electron chi connectivity index (χ4n) is 2.28. The number of amides is 2. The lowest BCUT2D eigenvalue weighted by Crippen LogP contribution is -2.27. The molecule has 0 fully saturated rings. The number of nitrogens with zero attached hydrogens (tertiary/aromatic N) is 1. The molecule has 0 aromatic heterocycles. The Hall–Kier alpha value is -3.06. The average molecular weight is 386 g/mol. The molecule has 0 unspecified atom stereocenters. The van der Waals surface area contributed by atoms with E-state index in [0.717, 1.165) is 10.6 Å². The van der Waals surface area contributed by atoms with Crippen LogP contribution < -0.4 is 10.1 Å². The van der Waals surface area contributed by atoms with Gasteiger partial charge in [0.15, 0.2) is 0 Å². The minimum atomic E-state index is -0.658. The predicted molar refractivity (Wildman–Crippen MR) is 106 cm³/mol. The zero-order valence-corrected chi connectivity index (χ0v) is 16.6. The predicted octanol–water partition coefficient (Wildman–Crippen LogP) is 4.10. The Morgan fingerprint density at radius 2 is 1.82 bits per heavy atom. The summed E-state index contributed by atoms with van der Waals surface area (Å²) < 4.78 is 10.9. The molecule has 2 amide bonds. The Bertz CT molecular complexity index is 793. The maximum Gasteiger partial charge on any atom is 0.411 e. The van der Waals surface area contributed by atoms with Gasteiger partial charge >= 0.3 is 6.09 Å². The van der Waals surface area contributed by atoms with Crippen LogP contribution in [-0.2, 0) is 16.2 Å². The van der Waals surface area contributed by atoms with Crippen LogP contribution in [-0.4, -0.2) is 37.8 Å². The second kappa shape index (κ2) is 10.3. The number of hydrogen-bond acceptors (Lipinski definition) is 5. The molecule has 0 heterocycles. The van der Waals surface area contributed by atoms with Gasteiger partial charge in [0, 0.05) is 7.05 Å². The fourth-order valence-corrected chi connectivity index (χ4v) is 2.28. The second-order valence-electron chi connectivity index (χ2n) is 6.58. The normalized spacial score (nSPS) is 10.5.